The molecule has 32 heavy (non-hydrogen) atoms. The molecule has 2 N–H and O–H groups in total. The molecule has 0 bridgehead atoms. The lowest BCUT2D eigenvalue weighted by atomic mass is 10.1. The van der Waals surface area contributed by atoms with Crippen LogP contribution in [0, 0.1) is 6.92 Å². The van der Waals surface area contributed by atoms with Crippen LogP contribution in [0.5, 0.6) is 0 Å². The summed E-state index contributed by atoms with van der Waals surface area (Å²) in [6, 6.07) is 11.5. The van der Waals surface area contributed by atoms with Gasteiger partial charge in [-0.15, -0.1) is 0 Å². The summed E-state index contributed by atoms with van der Waals surface area (Å²) in [5.74, 6) is -0.397. The van der Waals surface area contributed by atoms with Crippen molar-refractivity contribution in [2.45, 2.75) is 18.4 Å². The molecule has 0 aliphatic rings. The van der Waals surface area contributed by atoms with Crippen molar-refractivity contribution < 1.29 is 22.4 Å². The fraction of sp³-hybridized carbons (Fsp3) is 0.217. The van der Waals surface area contributed by atoms with Gasteiger partial charge in [0.25, 0.3) is 0 Å². The molecule has 1 aromatic heterocycles. The molecule has 2 aromatic carbocycles. The molecule has 9 heteroatoms. The van der Waals surface area contributed by atoms with Gasteiger partial charge in [-0.2, -0.15) is 0 Å². The molecule has 168 valence electrons. The van der Waals surface area contributed by atoms with E-state index in [-0.39, 0.29) is 35.6 Å². The monoisotopic (exact) mass is 456 g/mol. The van der Waals surface area contributed by atoms with E-state index in [1.807, 2.05) is 13.0 Å². The molecule has 0 radical (unpaired) electrons. The van der Waals surface area contributed by atoms with Crippen molar-refractivity contribution in [1.29, 1.82) is 0 Å². The number of fused-ring (bicyclic) bond motifs is 1. The summed E-state index contributed by atoms with van der Waals surface area (Å²) >= 11 is 0. The number of rotatable bonds is 9. The lowest BCUT2D eigenvalue weighted by molar-refractivity contribution is -0.116. The third kappa shape index (κ3) is 5.91. The number of ether oxygens (including phenoxy) is 1. The van der Waals surface area contributed by atoms with Gasteiger partial charge in [0, 0.05) is 26.3 Å². The van der Waals surface area contributed by atoms with E-state index in [1.54, 1.807) is 24.3 Å². The molecule has 1 amide bonds. The zero-order valence-corrected chi connectivity index (χ0v) is 18.6. The van der Waals surface area contributed by atoms with Crippen molar-refractivity contribution in [2.75, 3.05) is 20.3 Å². The standard InChI is InChI=1S/C23H24N2O6S/c1-16-3-9-21-20(13-16)23(27)18(15-31-21)6-10-22(26)24-14-17-4-7-19(8-5-17)32(28,29)25-11-12-30-2/h3-10,13,15,25H,11-12,14H2,1-2H3,(H,24,26)/b10-6+. The molecule has 3 aromatic rings. The van der Waals surface area contributed by atoms with Gasteiger partial charge < -0.3 is 14.5 Å². The van der Waals surface area contributed by atoms with Crippen LogP contribution in [0.4, 0.5) is 0 Å². The smallest absolute Gasteiger partial charge is 0.244 e. The summed E-state index contributed by atoms with van der Waals surface area (Å²) in [6.07, 6.45) is 3.99. The Hall–Kier alpha value is -3.27. The van der Waals surface area contributed by atoms with E-state index in [2.05, 4.69) is 10.0 Å². The lowest BCUT2D eigenvalue weighted by Crippen LogP contribution is -2.27. The molecule has 3 rings (SSSR count). The van der Waals surface area contributed by atoms with Crippen LogP contribution >= 0.6 is 0 Å². The summed E-state index contributed by atoms with van der Waals surface area (Å²) in [7, 11) is -2.12. The number of sulfonamides is 1. The summed E-state index contributed by atoms with van der Waals surface area (Å²) < 4.78 is 37.0. The van der Waals surface area contributed by atoms with E-state index in [9.17, 15) is 18.0 Å². The Labute approximate surface area is 186 Å². The third-order valence-electron chi connectivity index (χ3n) is 4.67. The number of hydrogen-bond donors (Lipinski definition) is 2. The number of aryl methyl sites for hydroxylation is 1. The van der Waals surface area contributed by atoms with Gasteiger partial charge in [-0.1, -0.05) is 23.8 Å². The molecular weight excluding hydrogens is 432 g/mol. The van der Waals surface area contributed by atoms with Crippen LogP contribution in [0.15, 0.2) is 68.9 Å². The first-order valence-corrected chi connectivity index (χ1v) is 11.3. The predicted octanol–water partition coefficient (Wildman–Crippen LogP) is 2.36. The fourth-order valence-corrected chi connectivity index (χ4v) is 3.95. The molecule has 0 saturated heterocycles. The summed E-state index contributed by atoms with van der Waals surface area (Å²) in [6.45, 7) is 2.54. The fourth-order valence-electron chi connectivity index (χ4n) is 2.94. The van der Waals surface area contributed by atoms with Gasteiger partial charge in [-0.25, -0.2) is 13.1 Å². The van der Waals surface area contributed by atoms with E-state index in [0.29, 0.717) is 11.0 Å². The van der Waals surface area contributed by atoms with Crippen molar-refractivity contribution in [2.24, 2.45) is 0 Å². The Kier molecular flexibility index (Phi) is 7.57. The van der Waals surface area contributed by atoms with Crippen LogP contribution in [0.2, 0.25) is 0 Å². The van der Waals surface area contributed by atoms with Crippen LogP contribution in [0.25, 0.3) is 17.0 Å². The molecular formula is C23H24N2O6S. The SMILES string of the molecule is COCCNS(=O)(=O)c1ccc(CNC(=O)/C=C/c2coc3ccc(C)cc3c2=O)cc1. The minimum absolute atomic E-state index is 0.127. The molecule has 0 fully saturated rings. The normalized spacial score (nSPS) is 11.8. The molecule has 8 nitrogen and oxygen atoms in total. The molecule has 0 unspecified atom stereocenters. The summed E-state index contributed by atoms with van der Waals surface area (Å²) in [4.78, 5) is 24.8. The Bertz CT molecular complexity index is 1290. The van der Waals surface area contributed by atoms with Crippen molar-refractivity contribution in [1.82, 2.24) is 10.0 Å². The number of carbonyl (C=O) groups is 1. The van der Waals surface area contributed by atoms with Crippen LogP contribution in [-0.2, 0) is 26.1 Å². The minimum Gasteiger partial charge on any atom is -0.463 e. The molecule has 0 spiro atoms. The average molecular weight is 457 g/mol. The maximum atomic E-state index is 12.6. The zero-order valence-electron chi connectivity index (χ0n) is 17.8. The number of hydrogen-bond acceptors (Lipinski definition) is 6. The average Bonchev–Trinajstić information content (AvgIpc) is 2.78. The van der Waals surface area contributed by atoms with Crippen molar-refractivity contribution in [3.8, 4) is 0 Å². The van der Waals surface area contributed by atoms with Crippen molar-refractivity contribution in [3.05, 3.63) is 81.7 Å². The summed E-state index contributed by atoms with van der Waals surface area (Å²) in [5.41, 5.74) is 2.21. The number of carbonyl (C=O) groups excluding carboxylic acids is 1. The van der Waals surface area contributed by atoms with E-state index in [1.165, 1.54) is 37.7 Å². The number of amides is 1. The summed E-state index contributed by atoms with van der Waals surface area (Å²) in [5, 5.41) is 3.15. The predicted molar refractivity (Wildman–Crippen MR) is 122 cm³/mol. The van der Waals surface area contributed by atoms with E-state index >= 15 is 0 Å². The Balaban J connectivity index is 1.60. The second kappa shape index (κ2) is 10.4. The second-order valence-electron chi connectivity index (χ2n) is 7.11. The highest BCUT2D eigenvalue weighted by Gasteiger charge is 2.13. The topological polar surface area (TPSA) is 115 Å². The highest BCUT2D eigenvalue weighted by molar-refractivity contribution is 7.89. The van der Waals surface area contributed by atoms with Gasteiger partial charge in [-0.3, -0.25) is 9.59 Å². The first-order chi connectivity index (χ1) is 15.3. The van der Waals surface area contributed by atoms with Crippen LogP contribution in [0.1, 0.15) is 16.7 Å². The van der Waals surface area contributed by atoms with E-state index < -0.39 is 15.9 Å². The highest BCUT2D eigenvalue weighted by Crippen LogP contribution is 2.14. The van der Waals surface area contributed by atoms with Crippen molar-refractivity contribution in [3.63, 3.8) is 0 Å². The lowest BCUT2D eigenvalue weighted by Gasteiger charge is -2.07. The maximum Gasteiger partial charge on any atom is 0.244 e. The molecule has 0 aliphatic carbocycles. The van der Waals surface area contributed by atoms with Crippen molar-refractivity contribution >= 4 is 33.0 Å². The number of nitrogens with one attached hydrogen (secondary N) is 2. The van der Waals surface area contributed by atoms with Gasteiger partial charge in [0.15, 0.2) is 5.43 Å². The Morgan fingerprint density at radius 1 is 1.16 bits per heavy atom. The highest BCUT2D eigenvalue weighted by atomic mass is 32.2. The van der Waals surface area contributed by atoms with Gasteiger partial charge in [-0.05, 0) is 42.8 Å². The first-order valence-electron chi connectivity index (χ1n) is 9.86. The third-order valence-corrected chi connectivity index (χ3v) is 6.14. The van der Waals surface area contributed by atoms with Crippen LogP contribution < -0.4 is 15.5 Å². The van der Waals surface area contributed by atoms with Gasteiger partial charge >= 0.3 is 0 Å². The van der Waals surface area contributed by atoms with Gasteiger partial charge in [0.05, 0.1) is 22.5 Å². The van der Waals surface area contributed by atoms with E-state index in [4.69, 9.17) is 9.15 Å². The largest absolute Gasteiger partial charge is 0.463 e. The van der Waals surface area contributed by atoms with Crippen LogP contribution in [0.3, 0.4) is 0 Å². The van der Waals surface area contributed by atoms with Gasteiger partial charge in [0.2, 0.25) is 15.9 Å². The van der Waals surface area contributed by atoms with E-state index in [0.717, 1.165) is 11.1 Å². The molecule has 0 saturated carbocycles. The van der Waals surface area contributed by atoms with Crippen LogP contribution in [-0.4, -0.2) is 34.6 Å². The quantitative estimate of drug-likeness (QED) is 0.377. The maximum absolute atomic E-state index is 12.6. The number of benzene rings is 2. The Morgan fingerprint density at radius 3 is 2.62 bits per heavy atom. The van der Waals surface area contributed by atoms with Gasteiger partial charge in [0.1, 0.15) is 11.8 Å². The Morgan fingerprint density at radius 2 is 1.91 bits per heavy atom. The molecule has 0 aliphatic heterocycles. The zero-order chi connectivity index (χ0) is 23.1. The first kappa shape index (κ1) is 23.4. The number of methoxy groups -OCH3 is 1. The molecule has 0 atom stereocenters. The minimum atomic E-state index is -3.61. The molecule has 1 heterocycles. The second-order valence-corrected chi connectivity index (χ2v) is 8.87.